The van der Waals surface area contributed by atoms with Gasteiger partial charge in [0.2, 0.25) is 5.91 Å². The molecule has 4 rings (SSSR count). The standard InChI is InChI=1S/C21H21N3O3S2/c1-13-20(28-21(22-13)23-14(2)25)16-10-11-19(18(12-16)15-8-9-15)24-29(26,27)17-6-4-3-5-7-17/h3-7,10-12,15,24H,8-9H2,1-2H3,(H,22,23,25). The summed E-state index contributed by atoms with van der Waals surface area (Å²) in [5.74, 6) is 0.195. The lowest BCUT2D eigenvalue weighted by Gasteiger charge is -2.14. The Morgan fingerprint density at radius 1 is 1.14 bits per heavy atom. The lowest BCUT2D eigenvalue weighted by Crippen LogP contribution is -2.14. The summed E-state index contributed by atoms with van der Waals surface area (Å²) in [6.45, 7) is 3.36. The molecule has 0 aliphatic heterocycles. The van der Waals surface area contributed by atoms with E-state index in [1.165, 1.54) is 18.3 Å². The number of carbonyl (C=O) groups excluding carboxylic acids is 1. The molecule has 0 atom stereocenters. The van der Waals surface area contributed by atoms with Crippen molar-refractivity contribution in [3.05, 3.63) is 59.8 Å². The van der Waals surface area contributed by atoms with Crippen molar-refractivity contribution in [2.24, 2.45) is 0 Å². The number of benzene rings is 2. The lowest BCUT2D eigenvalue weighted by atomic mass is 10.0. The van der Waals surface area contributed by atoms with Crippen molar-refractivity contribution in [1.29, 1.82) is 0 Å². The molecule has 0 spiro atoms. The molecule has 3 aromatic rings. The molecule has 1 aromatic heterocycles. The number of aromatic nitrogens is 1. The third-order valence-corrected chi connectivity index (χ3v) is 7.21. The van der Waals surface area contributed by atoms with Gasteiger partial charge in [0, 0.05) is 6.92 Å². The van der Waals surface area contributed by atoms with E-state index in [1.807, 2.05) is 25.1 Å². The summed E-state index contributed by atoms with van der Waals surface area (Å²) >= 11 is 1.42. The van der Waals surface area contributed by atoms with Crippen LogP contribution in [-0.4, -0.2) is 19.3 Å². The molecule has 0 unspecified atom stereocenters. The molecule has 0 saturated heterocycles. The summed E-state index contributed by atoms with van der Waals surface area (Å²) in [7, 11) is -3.64. The van der Waals surface area contributed by atoms with Crippen LogP contribution < -0.4 is 10.0 Å². The van der Waals surface area contributed by atoms with E-state index in [0.29, 0.717) is 16.7 Å². The number of aryl methyl sites for hydroxylation is 1. The minimum Gasteiger partial charge on any atom is -0.302 e. The van der Waals surface area contributed by atoms with E-state index < -0.39 is 10.0 Å². The molecule has 2 aromatic carbocycles. The molecule has 1 aliphatic carbocycles. The number of carbonyl (C=O) groups is 1. The number of rotatable bonds is 6. The Labute approximate surface area is 174 Å². The van der Waals surface area contributed by atoms with E-state index in [2.05, 4.69) is 15.0 Å². The third-order valence-electron chi connectivity index (χ3n) is 4.71. The number of thiazole rings is 1. The minimum absolute atomic E-state index is 0.158. The smallest absolute Gasteiger partial charge is 0.261 e. The van der Waals surface area contributed by atoms with E-state index >= 15 is 0 Å². The van der Waals surface area contributed by atoms with E-state index in [-0.39, 0.29) is 10.8 Å². The largest absolute Gasteiger partial charge is 0.302 e. The topological polar surface area (TPSA) is 88.2 Å². The molecule has 6 nitrogen and oxygen atoms in total. The van der Waals surface area contributed by atoms with Gasteiger partial charge in [0.15, 0.2) is 5.13 Å². The van der Waals surface area contributed by atoms with Crippen LogP contribution in [0.15, 0.2) is 53.4 Å². The number of hydrogen-bond acceptors (Lipinski definition) is 5. The summed E-state index contributed by atoms with van der Waals surface area (Å²) < 4.78 is 28.3. The first-order valence-corrected chi connectivity index (χ1v) is 11.6. The number of anilines is 2. The average Bonchev–Trinajstić information content (AvgIpc) is 3.46. The first-order valence-electron chi connectivity index (χ1n) is 9.31. The molecular weight excluding hydrogens is 406 g/mol. The van der Waals surface area contributed by atoms with Gasteiger partial charge < -0.3 is 5.32 Å². The molecule has 8 heteroatoms. The highest BCUT2D eigenvalue weighted by Gasteiger charge is 2.28. The summed E-state index contributed by atoms with van der Waals surface area (Å²) in [5, 5.41) is 3.28. The van der Waals surface area contributed by atoms with Crippen LogP contribution in [0.25, 0.3) is 10.4 Å². The van der Waals surface area contributed by atoms with Gasteiger partial charge in [0.1, 0.15) is 0 Å². The highest BCUT2D eigenvalue weighted by molar-refractivity contribution is 7.92. The van der Waals surface area contributed by atoms with Crippen LogP contribution in [-0.2, 0) is 14.8 Å². The molecule has 150 valence electrons. The van der Waals surface area contributed by atoms with Crippen LogP contribution in [0.2, 0.25) is 0 Å². The van der Waals surface area contributed by atoms with Crippen LogP contribution in [0.3, 0.4) is 0 Å². The zero-order valence-corrected chi connectivity index (χ0v) is 17.7. The summed E-state index contributed by atoms with van der Waals surface area (Å²) in [6.07, 6.45) is 2.09. The van der Waals surface area contributed by atoms with Gasteiger partial charge in [-0.3, -0.25) is 9.52 Å². The van der Waals surface area contributed by atoms with Crippen LogP contribution in [0.4, 0.5) is 10.8 Å². The van der Waals surface area contributed by atoms with Gasteiger partial charge in [-0.25, -0.2) is 13.4 Å². The normalized spacial score (nSPS) is 13.9. The first-order chi connectivity index (χ1) is 13.8. The predicted octanol–water partition coefficient (Wildman–Crippen LogP) is 4.76. The van der Waals surface area contributed by atoms with Crippen LogP contribution >= 0.6 is 11.3 Å². The van der Waals surface area contributed by atoms with Crippen molar-refractivity contribution in [3.63, 3.8) is 0 Å². The maximum absolute atomic E-state index is 12.8. The highest BCUT2D eigenvalue weighted by Crippen LogP contribution is 2.46. The number of sulfonamides is 1. The van der Waals surface area contributed by atoms with Crippen molar-refractivity contribution < 1.29 is 13.2 Å². The van der Waals surface area contributed by atoms with Crippen molar-refractivity contribution in [2.75, 3.05) is 10.0 Å². The van der Waals surface area contributed by atoms with Gasteiger partial charge in [-0.1, -0.05) is 35.6 Å². The molecular formula is C21H21N3O3S2. The summed E-state index contributed by atoms with van der Waals surface area (Å²) in [5.41, 5.74) is 3.42. The molecule has 1 fully saturated rings. The fraction of sp³-hybridized carbons (Fsp3) is 0.238. The molecule has 0 bridgehead atoms. The lowest BCUT2D eigenvalue weighted by molar-refractivity contribution is -0.114. The Balaban J connectivity index is 1.68. The minimum atomic E-state index is -3.64. The fourth-order valence-electron chi connectivity index (χ4n) is 3.20. The van der Waals surface area contributed by atoms with Crippen LogP contribution in [0.1, 0.15) is 36.9 Å². The Bertz CT molecular complexity index is 1170. The maximum Gasteiger partial charge on any atom is 0.261 e. The molecule has 2 N–H and O–H groups in total. The number of nitrogens with zero attached hydrogens (tertiary/aromatic N) is 1. The van der Waals surface area contributed by atoms with Gasteiger partial charge >= 0.3 is 0 Å². The molecule has 1 amide bonds. The van der Waals surface area contributed by atoms with Crippen LogP contribution in [0.5, 0.6) is 0 Å². The van der Waals surface area contributed by atoms with Crippen molar-refractivity contribution in [2.45, 2.75) is 37.5 Å². The maximum atomic E-state index is 12.8. The second kappa shape index (κ2) is 7.61. The van der Waals surface area contributed by atoms with Crippen molar-refractivity contribution in [3.8, 4) is 10.4 Å². The third kappa shape index (κ3) is 4.33. The molecule has 1 aliphatic rings. The summed E-state index contributed by atoms with van der Waals surface area (Å²) in [4.78, 5) is 16.9. The van der Waals surface area contributed by atoms with Gasteiger partial charge in [-0.15, -0.1) is 0 Å². The predicted molar refractivity (Wildman–Crippen MR) is 116 cm³/mol. The first kappa shape index (κ1) is 19.6. The van der Waals surface area contributed by atoms with Gasteiger partial charge in [-0.2, -0.15) is 0 Å². The van der Waals surface area contributed by atoms with Crippen LogP contribution in [0, 0.1) is 6.92 Å². The Morgan fingerprint density at radius 3 is 2.52 bits per heavy atom. The molecule has 29 heavy (non-hydrogen) atoms. The number of nitrogens with one attached hydrogen (secondary N) is 2. The summed E-state index contributed by atoms with van der Waals surface area (Å²) in [6, 6.07) is 14.1. The fourth-order valence-corrected chi connectivity index (χ4v) is 5.32. The van der Waals surface area contributed by atoms with E-state index in [9.17, 15) is 13.2 Å². The van der Waals surface area contributed by atoms with E-state index in [1.54, 1.807) is 30.3 Å². The molecule has 1 heterocycles. The second-order valence-corrected chi connectivity index (χ2v) is 9.79. The average molecular weight is 428 g/mol. The van der Waals surface area contributed by atoms with Crippen molar-refractivity contribution in [1.82, 2.24) is 4.98 Å². The molecule has 0 radical (unpaired) electrons. The second-order valence-electron chi connectivity index (χ2n) is 7.11. The monoisotopic (exact) mass is 427 g/mol. The zero-order valence-electron chi connectivity index (χ0n) is 16.1. The Kier molecular flexibility index (Phi) is 5.14. The van der Waals surface area contributed by atoms with E-state index in [0.717, 1.165) is 34.5 Å². The zero-order chi connectivity index (χ0) is 20.6. The molecule has 1 saturated carbocycles. The Hall–Kier alpha value is -2.71. The van der Waals surface area contributed by atoms with Crippen molar-refractivity contribution >= 4 is 38.1 Å². The van der Waals surface area contributed by atoms with E-state index in [4.69, 9.17) is 0 Å². The van der Waals surface area contributed by atoms with Gasteiger partial charge in [-0.05, 0) is 61.1 Å². The Morgan fingerprint density at radius 2 is 1.86 bits per heavy atom. The number of amides is 1. The number of hydrogen-bond donors (Lipinski definition) is 2. The van der Waals surface area contributed by atoms with Gasteiger partial charge in [0.05, 0.1) is 21.2 Å². The SMILES string of the molecule is CC(=O)Nc1nc(C)c(-c2ccc(NS(=O)(=O)c3ccccc3)c(C3CC3)c2)s1. The van der Waals surface area contributed by atoms with Gasteiger partial charge in [0.25, 0.3) is 10.0 Å². The highest BCUT2D eigenvalue weighted by atomic mass is 32.2. The quantitative estimate of drug-likeness (QED) is 0.594.